The smallest absolute Gasteiger partial charge is 0.0367 e. The molecule has 1 aromatic rings. The summed E-state index contributed by atoms with van der Waals surface area (Å²) < 4.78 is 0. The lowest BCUT2D eigenvalue weighted by molar-refractivity contribution is 0.0368. The summed E-state index contributed by atoms with van der Waals surface area (Å²) >= 11 is 0. The topological polar surface area (TPSA) is 32.5 Å². The second kappa shape index (κ2) is 5.29. The van der Waals surface area contributed by atoms with Gasteiger partial charge in [-0.05, 0) is 43.2 Å². The van der Waals surface area contributed by atoms with E-state index in [1.165, 1.54) is 44.5 Å². The summed E-state index contributed by atoms with van der Waals surface area (Å²) in [5.74, 6) is 1.83. The number of piperazine rings is 1. The van der Waals surface area contributed by atoms with Crippen molar-refractivity contribution in [1.29, 1.82) is 0 Å². The van der Waals surface area contributed by atoms with Crippen LogP contribution in [0.1, 0.15) is 25.7 Å². The predicted octanol–water partition coefficient (Wildman–Crippen LogP) is 2.33. The Hall–Kier alpha value is -1.06. The molecule has 1 heterocycles. The number of nitrogens with two attached hydrogens (primary N) is 1. The highest BCUT2D eigenvalue weighted by molar-refractivity contribution is 5.46. The third kappa shape index (κ3) is 2.18. The predicted molar refractivity (Wildman–Crippen MR) is 87.5 cm³/mol. The molecule has 3 nitrogen and oxygen atoms in total. The van der Waals surface area contributed by atoms with Gasteiger partial charge in [0.15, 0.2) is 0 Å². The molecule has 1 aliphatic heterocycles. The monoisotopic (exact) mass is 285 g/mol. The Morgan fingerprint density at radius 2 is 1.81 bits per heavy atom. The van der Waals surface area contributed by atoms with E-state index in [0.717, 1.165) is 31.5 Å². The van der Waals surface area contributed by atoms with Gasteiger partial charge in [-0.1, -0.05) is 24.6 Å². The Morgan fingerprint density at radius 3 is 2.38 bits per heavy atom. The maximum atomic E-state index is 6.28. The van der Waals surface area contributed by atoms with Gasteiger partial charge in [-0.15, -0.1) is 0 Å². The second-order valence-corrected chi connectivity index (χ2v) is 7.20. The quantitative estimate of drug-likeness (QED) is 0.925. The van der Waals surface area contributed by atoms with E-state index >= 15 is 0 Å². The van der Waals surface area contributed by atoms with Crippen LogP contribution >= 0.6 is 0 Å². The third-order valence-electron chi connectivity index (χ3n) is 6.33. The van der Waals surface area contributed by atoms with Gasteiger partial charge in [-0.25, -0.2) is 0 Å². The molecule has 0 radical (unpaired) electrons. The minimum atomic E-state index is 0.339. The fourth-order valence-corrected chi connectivity index (χ4v) is 5.23. The summed E-state index contributed by atoms with van der Waals surface area (Å²) in [6.45, 7) is 5.50. The lowest BCUT2D eigenvalue weighted by atomic mass is 9.79. The van der Waals surface area contributed by atoms with Crippen molar-refractivity contribution in [3.8, 4) is 0 Å². The molecule has 1 aromatic carbocycles. The number of para-hydroxylation sites is 1. The number of hydrogen-bond donors (Lipinski definition) is 1. The van der Waals surface area contributed by atoms with Crippen LogP contribution in [0.3, 0.4) is 0 Å². The highest BCUT2D eigenvalue weighted by atomic mass is 15.3. The molecule has 3 heteroatoms. The first kappa shape index (κ1) is 13.6. The van der Waals surface area contributed by atoms with Crippen molar-refractivity contribution in [2.24, 2.45) is 17.6 Å². The van der Waals surface area contributed by atoms with Gasteiger partial charge < -0.3 is 10.6 Å². The van der Waals surface area contributed by atoms with Gasteiger partial charge in [0.25, 0.3) is 0 Å². The molecule has 3 aliphatic rings. The first-order chi connectivity index (χ1) is 10.3. The van der Waals surface area contributed by atoms with E-state index in [9.17, 15) is 0 Å². The number of anilines is 1. The van der Waals surface area contributed by atoms with Crippen molar-refractivity contribution < 1.29 is 0 Å². The molecule has 2 saturated carbocycles. The van der Waals surface area contributed by atoms with Crippen LogP contribution in [0.4, 0.5) is 5.69 Å². The zero-order chi connectivity index (χ0) is 14.3. The molecule has 4 rings (SSSR count). The van der Waals surface area contributed by atoms with E-state index in [-0.39, 0.29) is 0 Å². The lowest BCUT2D eigenvalue weighted by Gasteiger charge is -2.50. The Bertz CT molecular complexity index is 480. The van der Waals surface area contributed by atoms with Crippen molar-refractivity contribution in [3.63, 3.8) is 0 Å². The van der Waals surface area contributed by atoms with E-state index in [1.54, 1.807) is 0 Å². The molecule has 1 saturated heterocycles. The fourth-order valence-electron chi connectivity index (χ4n) is 5.23. The molecular formula is C18H27N3. The molecule has 3 fully saturated rings. The highest BCUT2D eigenvalue weighted by Crippen LogP contribution is 2.53. The molecule has 3 atom stereocenters. The standard InChI is InChI=1S/C18H27N3/c19-14-18(13-15-6-7-16(18)12-15)21-10-8-20(9-11-21)17-4-2-1-3-5-17/h1-5,15-16H,6-14,19H2. The van der Waals surface area contributed by atoms with Crippen LogP contribution in [0, 0.1) is 11.8 Å². The second-order valence-electron chi connectivity index (χ2n) is 7.20. The third-order valence-corrected chi connectivity index (χ3v) is 6.33. The van der Waals surface area contributed by atoms with Crippen LogP contribution in [0.2, 0.25) is 0 Å². The Morgan fingerprint density at radius 1 is 1.05 bits per heavy atom. The molecule has 3 unspecified atom stereocenters. The summed E-state index contributed by atoms with van der Waals surface area (Å²) in [4.78, 5) is 5.27. The van der Waals surface area contributed by atoms with E-state index < -0.39 is 0 Å². The van der Waals surface area contributed by atoms with Crippen LogP contribution < -0.4 is 10.6 Å². The van der Waals surface area contributed by atoms with E-state index in [2.05, 4.69) is 40.1 Å². The van der Waals surface area contributed by atoms with E-state index in [0.29, 0.717) is 5.54 Å². The Labute approximate surface area is 128 Å². The van der Waals surface area contributed by atoms with Crippen molar-refractivity contribution >= 4 is 5.69 Å². The number of fused-ring (bicyclic) bond motifs is 2. The van der Waals surface area contributed by atoms with Crippen molar-refractivity contribution in [3.05, 3.63) is 30.3 Å². The number of hydrogen-bond acceptors (Lipinski definition) is 3. The Kier molecular flexibility index (Phi) is 3.43. The maximum absolute atomic E-state index is 6.28. The molecule has 0 spiro atoms. The van der Waals surface area contributed by atoms with Gasteiger partial charge in [-0.2, -0.15) is 0 Å². The average Bonchev–Trinajstić information content (AvgIpc) is 3.17. The minimum Gasteiger partial charge on any atom is -0.369 e. The van der Waals surface area contributed by atoms with Crippen LogP contribution in [0.15, 0.2) is 30.3 Å². The zero-order valence-corrected chi connectivity index (χ0v) is 12.9. The molecule has 2 N–H and O–H groups in total. The van der Waals surface area contributed by atoms with Crippen molar-refractivity contribution in [1.82, 2.24) is 4.90 Å². The summed E-state index contributed by atoms with van der Waals surface area (Å²) in [7, 11) is 0. The summed E-state index contributed by atoms with van der Waals surface area (Å²) in [5.41, 5.74) is 7.98. The largest absolute Gasteiger partial charge is 0.369 e. The van der Waals surface area contributed by atoms with Crippen LogP contribution in [0.5, 0.6) is 0 Å². The SMILES string of the molecule is NCC1(N2CCN(c3ccccc3)CC2)CC2CCC1C2. The van der Waals surface area contributed by atoms with Crippen LogP contribution in [-0.2, 0) is 0 Å². The van der Waals surface area contributed by atoms with Crippen molar-refractivity contribution in [2.45, 2.75) is 31.2 Å². The van der Waals surface area contributed by atoms with Gasteiger partial charge in [0, 0.05) is 44.0 Å². The maximum Gasteiger partial charge on any atom is 0.0367 e. The van der Waals surface area contributed by atoms with Gasteiger partial charge >= 0.3 is 0 Å². The van der Waals surface area contributed by atoms with Gasteiger partial charge in [0.05, 0.1) is 0 Å². The van der Waals surface area contributed by atoms with Gasteiger partial charge in [0.2, 0.25) is 0 Å². The molecule has 21 heavy (non-hydrogen) atoms. The van der Waals surface area contributed by atoms with Crippen LogP contribution in [0.25, 0.3) is 0 Å². The number of rotatable bonds is 3. The molecule has 2 aliphatic carbocycles. The highest BCUT2D eigenvalue weighted by Gasteiger charge is 2.53. The minimum absolute atomic E-state index is 0.339. The Balaban J connectivity index is 1.45. The number of benzene rings is 1. The summed E-state index contributed by atoms with van der Waals surface area (Å²) in [6, 6.07) is 10.8. The first-order valence-corrected chi connectivity index (χ1v) is 8.57. The fraction of sp³-hybridized carbons (Fsp3) is 0.667. The average molecular weight is 285 g/mol. The normalized spacial score (nSPS) is 36.3. The van der Waals surface area contributed by atoms with Crippen molar-refractivity contribution in [2.75, 3.05) is 37.6 Å². The van der Waals surface area contributed by atoms with Crippen LogP contribution in [-0.4, -0.2) is 43.2 Å². The van der Waals surface area contributed by atoms with Gasteiger partial charge in [-0.3, -0.25) is 4.90 Å². The van der Waals surface area contributed by atoms with E-state index in [4.69, 9.17) is 5.73 Å². The molecule has 2 bridgehead atoms. The zero-order valence-electron chi connectivity index (χ0n) is 12.9. The molecule has 114 valence electrons. The molecule has 0 aromatic heterocycles. The summed E-state index contributed by atoms with van der Waals surface area (Å²) in [6.07, 6.45) is 5.67. The van der Waals surface area contributed by atoms with Gasteiger partial charge in [0.1, 0.15) is 0 Å². The summed E-state index contributed by atoms with van der Waals surface area (Å²) in [5, 5.41) is 0. The molecule has 0 amide bonds. The lowest BCUT2D eigenvalue weighted by Crippen LogP contribution is -2.62. The number of nitrogens with zero attached hydrogens (tertiary/aromatic N) is 2. The first-order valence-electron chi connectivity index (χ1n) is 8.57. The molecular weight excluding hydrogens is 258 g/mol. The van der Waals surface area contributed by atoms with E-state index in [1.807, 2.05) is 0 Å².